The molecule has 40 heavy (non-hydrogen) atoms. The van der Waals surface area contributed by atoms with E-state index in [0.717, 1.165) is 33.2 Å². The predicted octanol–water partition coefficient (Wildman–Crippen LogP) is 8.42. The maximum Gasteiger partial charge on any atom is 0.307 e. The molecule has 0 unspecified atom stereocenters. The van der Waals surface area contributed by atoms with Crippen molar-refractivity contribution in [1.29, 1.82) is 0 Å². The lowest BCUT2D eigenvalue weighted by atomic mass is 10.1. The number of hydrogen-bond acceptors (Lipinski definition) is 2. The molecule has 1 aliphatic carbocycles. The van der Waals surface area contributed by atoms with E-state index in [1.54, 1.807) is 23.3 Å². The molecule has 1 heterocycles. The third kappa shape index (κ3) is 9.46. The van der Waals surface area contributed by atoms with Gasteiger partial charge in [-0.2, -0.15) is 0 Å². The number of amides is 1. The van der Waals surface area contributed by atoms with Crippen LogP contribution < -0.4 is 0 Å². The molecule has 0 saturated carbocycles. The molecular weight excluding hydrogens is 630 g/mol. The van der Waals surface area contributed by atoms with Crippen molar-refractivity contribution in [2.24, 2.45) is 0 Å². The molecule has 1 N–H and O–H groups in total. The third-order valence-corrected chi connectivity index (χ3v) is 7.80. The largest absolute Gasteiger partial charge is 0.481 e. The Bertz CT molecular complexity index is 1350. The van der Waals surface area contributed by atoms with E-state index in [9.17, 15) is 9.59 Å². The summed E-state index contributed by atoms with van der Waals surface area (Å²) in [6, 6.07) is 32.2. The van der Waals surface area contributed by atoms with E-state index in [-0.39, 0.29) is 19.8 Å². The van der Waals surface area contributed by atoms with Crippen molar-refractivity contribution >= 4 is 43.7 Å². The smallest absolute Gasteiger partial charge is 0.307 e. The van der Waals surface area contributed by atoms with Crippen LogP contribution in [0.2, 0.25) is 0 Å². The van der Waals surface area contributed by atoms with Crippen molar-refractivity contribution in [3.05, 3.63) is 139 Å². The average Bonchev–Trinajstić information content (AvgIpc) is 3.59. The van der Waals surface area contributed by atoms with Crippen LogP contribution in [0.3, 0.4) is 0 Å². The Hall–Kier alpha value is -3.22. The van der Waals surface area contributed by atoms with Crippen LogP contribution in [0.5, 0.6) is 0 Å². The second-order valence-corrected chi connectivity index (χ2v) is 11.5. The van der Waals surface area contributed by atoms with Gasteiger partial charge in [-0.15, -0.1) is 0 Å². The molecule has 0 radical (unpaired) electrons. The number of rotatable bonds is 4. The second kappa shape index (κ2) is 15.5. The Morgan fingerprint density at radius 2 is 1.02 bits per heavy atom. The van der Waals surface area contributed by atoms with Crippen LogP contribution >= 0.6 is 31.9 Å². The molecule has 4 aromatic rings. The average molecular weight is 665 g/mol. The Balaban J connectivity index is 0.000000179. The van der Waals surface area contributed by atoms with Crippen molar-refractivity contribution in [3.63, 3.8) is 0 Å². The van der Waals surface area contributed by atoms with Gasteiger partial charge in [-0.25, -0.2) is 0 Å². The van der Waals surface area contributed by atoms with Crippen LogP contribution in [-0.4, -0.2) is 21.9 Å². The molecule has 4 nitrogen and oxygen atoms in total. The summed E-state index contributed by atoms with van der Waals surface area (Å²) < 4.78 is 2.00. The molecule has 2 aliphatic rings. The number of nitrogens with zero attached hydrogens (tertiary/aromatic N) is 1. The van der Waals surface area contributed by atoms with Gasteiger partial charge in [0.05, 0.1) is 12.8 Å². The monoisotopic (exact) mass is 663 g/mol. The lowest BCUT2D eigenvalue weighted by Gasteiger charge is -2.15. The van der Waals surface area contributed by atoms with E-state index in [1.807, 2.05) is 53.4 Å². The standard InChI is InChI=1S/C16H14BrNO.C9H10.C8H7BrO2.CH4/c17-15-7-5-12(6-8-15)9-16(19)18-10-13-3-1-2-4-14(13)11-18;1-2-5-9-7-3-6-8(9)4-1;9-7-3-1-6(2-4-7)5-8(10)11;/h1-8H,9-11H2;1-2,4-5H,3,6-7H2;1-4H,5H2,(H,10,11);1H4. The van der Waals surface area contributed by atoms with E-state index < -0.39 is 5.97 Å². The quantitative estimate of drug-likeness (QED) is 0.238. The molecule has 0 aromatic heterocycles. The van der Waals surface area contributed by atoms with Gasteiger partial charge in [0.25, 0.3) is 0 Å². The fourth-order valence-corrected chi connectivity index (χ4v) is 5.22. The number of fused-ring (bicyclic) bond motifs is 2. The van der Waals surface area contributed by atoms with Crippen molar-refractivity contribution < 1.29 is 14.7 Å². The molecule has 0 bridgehead atoms. The maximum atomic E-state index is 12.3. The number of carbonyl (C=O) groups is 2. The van der Waals surface area contributed by atoms with E-state index in [1.165, 1.54) is 30.4 Å². The normalized spacial score (nSPS) is 12.5. The second-order valence-electron chi connectivity index (χ2n) is 9.64. The summed E-state index contributed by atoms with van der Waals surface area (Å²) in [6.45, 7) is 1.48. The number of halogens is 2. The lowest BCUT2D eigenvalue weighted by Crippen LogP contribution is -2.26. The summed E-state index contributed by atoms with van der Waals surface area (Å²) in [5.41, 5.74) is 7.55. The van der Waals surface area contributed by atoms with Gasteiger partial charge >= 0.3 is 5.97 Å². The first-order valence-electron chi connectivity index (χ1n) is 13.0. The molecule has 6 rings (SSSR count). The molecule has 0 fully saturated rings. The highest BCUT2D eigenvalue weighted by atomic mass is 79.9. The maximum absolute atomic E-state index is 12.3. The minimum Gasteiger partial charge on any atom is -0.481 e. The van der Waals surface area contributed by atoms with Crippen molar-refractivity contribution in [3.8, 4) is 0 Å². The Morgan fingerprint density at radius 3 is 1.45 bits per heavy atom. The predicted molar refractivity (Wildman–Crippen MR) is 169 cm³/mol. The summed E-state index contributed by atoms with van der Waals surface area (Å²) in [4.78, 5) is 24.4. The third-order valence-electron chi connectivity index (χ3n) is 6.74. The van der Waals surface area contributed by atoms with Gasteiger partial charge in [-0.3, -0.25) is 9.59 Å². The van der Waals surface area contributed by atoms with Crippen LogP contribution in [0.15, 0.2) is 106 Å². The van der Waals surface area contributed by atoms with Gasteiger partial charge in [0.1, 0.15) is 0 Å². The van der Waals surface area contributed by atoms with Crippen molar-refractivity contribution in [2.75, 3.05) is 0 Å². The number of aliphatic carboxylic acids is 1. The SMILES string of the molecule is C.O=C(Cc1ccc(Br)cc1)N1Cc2ccccc2C1.O=C(O)Cc1ccc(Br)cc1.c1ccc2c(c1)CCC2. The molecule has 0 atom stereocenters. The van der Waals surface area contributed by atoms with Gasteiger partial charge < -0.3 is 10.0 Å². The van der Waals surface area contributed by atoms with Crippen molar-refractivity contribution in [1.82, 2.24) is 4.90 Å². The highest BCUT2D eigenvalue weighted by Gasteiger charge is 2.22. The number of hydrogen-bond donors (Lipinski definition) is 1. The summed E-state index contributed by atoms with van der Waals surface area (Å²) in [6.07, 6.45) is 4.53. The van der Waals surface area contributed by atoms with Crippen LogP contribution in [0.4, 0.5) is 0 Å². The molecule has 4 aromatic carbocycles. The van der Waals surface area contributed by atoms with Gasteiger partial charge in [0.2, 0.25) is 5.91 Å². The number of carbonyl (C=O) groups excluding carboxylic acids is 1. The summed E-state index contributed by atoms with van der Waals surface area (Å²) in [7, 11) is 0. The van der Waals surface area contributed by atoms with Gasteiger partial charge in [-0.1, -0.05) is 112 Å². The Morgan fingerprint density at radius 1 is 0.625 bits per heavy atom. The molecule has 6 heteroatoms. The molecular formula is C34H35Br2NO3. The first-order chi connectivity index (χ1) is 18.9. The number of aryl methyl sites for hydroxylation is 2. The van der Waals surface area contributed by atoms with E-state index in [2.05, 4.69) is 68.3 Å². The first-order valence-corrected chi connectivity index (χ1v) is 14.6. The summed E-state index contributed by atoms with van der Waals surface area (Å²) in [5, 5.41) is 8.42. The van der Waals surface area contributed by atoms with Gasteiger partial charge in [-0.05, 0) is 76.9 Å². The number of benzene rings is 4. The van der Waals surface area contributed by atoms with Crippen LogP contribution in [0, 0.1) is 0 Å². The fraction of sp³-hybridized carbons (Fsp3) is 0.235. The highest BCUT2D eigenvalue weighted by molar-refractivity contribution is 9.10. The lowest BCUT2D eigenvalue weighted by molar-refractivity contribution is -0.136. The van der Waals surface area contributed by atoms with Gasteiger partial charge in [0.15, 0.2) is 0 Å². The minimum atomic E-state index is -0.799. The molecule has 208 valence electrons. The zero-order valence-electron chi connectivity index (χ0n) is 21.7. The molecule has 1 aliphatic heterocycles. The Kier molecular flexibility index (Phi) is 12.2. The van der Waals surface area contributed by atoms with E-state index in [4.69, 9.17) is 5.11 Å². The summed E-state index contributed by atoms with van der Waals surface area (Å²) >= 11 is 6.67. The van der Waals surface area contributed by atoms with Crippen LogP contribution in [0.25, 0.3) is 0 Å². The first kappa shape index (κ1) is 31.3. The minimum absolute atomic E-state index is 0. The fourth-order valence-electron chi connectivity index (χ4n) is 4.69. The van der Waals surface area contributed by atoms with Crippen molar-refractivity contribution in [2.45, 2.75) is 52.6 Å². The molecule has 0 saturated heterocycles. The van der Waals surface area contributed by atoms with E-state index >= 15 is 0 Å². The molecule has 0 spiro atoms. The zero-order chi connectivity index (χ0) is 27.6. The Labute approximate surface area is 254 Å². The molecule has 1 amide bonds. The topological polar surface area (TPSA) is 57.6 Å². The van der Waals surface area contributed by atoms with Crippen LogP contribution in [-0.2, 0) is 48.4 Å². The van der Waals surface area contributed by atoms with Crippen LogP contribution in [0.1, 0.15) is 47.2 Å². The summed E-state index contributed by atoms with van der Waals surface area (Å²) in [5.74, 6) is -0.606. The zero-order valence-corrected chi connectivity index (χ0v) is 24.8. The number of carboxylic acids is 1. The van der Waals surface area contributed by atoms with Gasteiger partial charge in [0, 0.05) is 22.0 Å². The highest BCUT2D eigenvalue weighted by Crippen LogP contribution is 2.23. The number of carboxylic acid groups (broad SMARTS) is 1. The van der Waals surface area contributed by atoms with E-state index in [0.29, 0.717) is 6.42 Å².